The highest BCUT2D eigenvalue weighted by atomic mass is 79.9. The van der Waals surface area contributed by atoms with Crippen LogP contribution in [0, 0.1) is 0 Å². The predicted molar refractivity (Wildman–Crippen MR) is 105 cm³/mol. The molecular formula is C20H24BrN3O. The zero-order chi connectivity index (χ0) is 17.6. The highest BCUT2D eigenvalue weighted by Crippen LogP contribution is 2.16. The maximum atomic E-state index is 12.3. The van der Waals surface area contributed by atoms with Crippen LogP contribution in [0.5, 0.6) is 0 Å². The lowest BCUT2D eigenvalue weighted by molar-refractivity contribution is 0.0950. The Morgan fingerprint density at radius 2 is 1.76 bits per heavy atom. The van der Waals surface area contributed by atoms with Crippen LogP contribution in [0.25, 0.3) is 0 Å². The quantitative estimate of drug-likeness (QED) is 0.835. The van der Waals surface area contributed by atoms with E-state index >= 15 is 0 Å². The molecule has 1 saturated heterocycles. The number of hydrogen-bond acceptors (Lipinski definition) is 3. The van der Waals surface area contributed by atoms with E-state index < -0.39 is 0 Å². The summed E-state index contributed by atoms with van der Waals surface area (Å²) in [6.07, 6.45) is 0. The van der Waals surface area contributed by atoms with Crippen LogP contribution in [0.2, 0.25) is 0 Å². The summed E-state index contributed by atoms with van der Waals surface area (Å²) in [4.78, 5) is 17.2. The van der Waals surface area contributed by atoms with Gasteiger partial charge < -0.3 is 10.2 Å². The van der Waals surface area contributed by atoms with E-state index in [1.807, 2.05) is 24.3 Å². The number of carbonyl (C=O) groups is 1. The number of nitrogens with zero attached hydrogens (tertiary/aromatic N) is 2. The van der Waals surface area contributed by atoms with E-state index in [1.165, 1.54) is 5.56 Å². The number of nitrogens with one attached hydrogen (secondary N) is 1. The van der Waals surface area contributed by atoms with Gasteiger partial charge >= 0.3 is 0 Å². The molecular weight excluding hydrogens is 378 g/mol. The van der Waals surface area contributed by atoms with Crippen LogP contribution in [0.4, 0.5) is 0 Å². The Hall–Kier alpha value is -1.69. The lowest BCUT2D eigenvalue weighted by Gasteiger charge is -2.32. The molecule has 3 rings (SSSR count). The summed E-state index contributed by atoms with van der Waals surface area (Å²) in [6, 6.07) is 16.0. The number of benzene rings is 2. The number of amides is 1. The third-order valence-corrected chi connectivity index (χ3v) is 5.26. The zero-order valence-corrected chi connectivity index (χ0v) is 16.1. The van der Waals surface area contributed by atoms with Gasteiger partial charge in [0.25, 0.3) is 5.91 Å². The Morgan fingerprint density at radius 3 is 2.52 bits per heavy atom. The molecule has 132 valence electrons. The van der Waals surface area contributed by atoms with Gasteiger partial charge in [0.1, 0.15) is 0 Å². The van der Waals surface area contributed by atoms with Crippen molar-refractivity contribution < 1.29 is 4.79 Å². The summed E-state index contributed by atoms with van der Waals surface area (Å²) in [5, 5.41) is 3.00. The van der Waals surface area contributed by atoms with E-state index in [0.29, 0.717) is 12.1 Å². The number of hydrogen-bond donors (Lipinski definition) is 1. The van der Waals surface area contributed by atoms with Crippen LogP contribution in [0.3, 0.4) is 0 Å². The van der Waals surface area contributed by atoms with Crippen LogP contribution in [0.1, 0.15) is 21.5 Å². The van der Waals surface area contributed by atoms with Gasteiger partial charge in [0.2, 0.25) is 0 Å². The lowest BCUT2D eigenvalue weighted by Crippen LogP contribution is -2.43. The van der Waals surface area contributed by atoms with Crippen molar-refractivity contribution in [3.8, 4) is 0 Å². The van der Waals surface area contributed by atoms with Crippen molar-refractivity contribution in [1.82, 2.24) is 15.1 Å². The van der Waals surface area contributed by atoms with E-state index in [-0.39, 0.29) is 5.91 Å². The van der Waals surface area contributed by atoms with Crippen LogP contribution in [-0.2, 0) is 13.1 Å². The summed E-state index contributed by atoms with van der Waals surface area (Å²) >= 11 is 3.42. The van der Waals surface area contributed by atoms with Gasteiger partial charge in [-0.2, -0.15) is 0 Å². The molecule has 0 bridgehead atoms. The molecule has 1 heterocycles. The maximum Gasteiger partial charge on any atom is 0.252 e. The number of rotatable bonds is 5. The fourth-order valence-electron chi connectivity index (χ4n) is 3.03. The molecule has 1 N–H and O–H groups in total. The van der Waals surface area contributed by atoms with Gasteiger partial charge in [0, 0.05) is 43.7 Å². The lowest BCUT2D eigenvalue weighted by atomic mass is 10.1. The highest BCUT2D eigenvalue weighted by molar-refractivity contribution is 9.10. The van der Waals surface area contributed by atoms with Gasteiger partial charge in [-0.25, -0.2) is 0 Å². The van der Waals surface area contributed by atoms with E-state index in [9.17, 15) is 4.79 Å². The van der Waals surface area contributed by atoms with Crippen LogP contribution in [-0.4, -0.2) is 48.9 Å². The van der Waals surface area contributed by atoms with Crippen LogP contribution < -0.4 is 5.32 Å². The molecule has 2 aromatic rings. The molecule has 1 fully saturated rings. The van der Waals surface area contributed by atoms with Crippen molar-refractivity contribution in [2.75, 3.05) is 33.2 Å². The Kier molecular flexibility index (Phi) is 6.24. The van der Waals surface area contributed by atoms with Crippen LogP contribution in [0.15, 0.2) is 53.0 Å². The topological polar surface area (TPSA) is 35.6 Å². The summed E-state index contributed by atoms with van der Waals surface area (Å²) in [7, 11) is 2.17. The van der Waals surface area contributed by atoms with Gasteiger partial charge in [-0.15, -0.1) is 0 Å². The molecule has 1 aliphatic heterocycles. The first kappa shape index (κ1) is 18.1. The van der Waals surface area contributed by atoms with E-state index in [2.05, 4.69) is 62.4 Å². The second-order valence-electron chi connectivity index (χ2n) is 6.56. The molecule has 4 nitrogen and oxygen atoms in total. The number of piperazine rings is 1. The van der Waals surface area contributed by atoms with E-state index in [1.54, 1.807) is 0 Å². The summed E-state index contributed by atoms with van der Waals surface area (Å²) < 4.78 is 0.816. The third kappa shape index (κ3) is 5.14. The van der Waals surface area contributed by atoms with Crippen LogP contribution >= 0.6 is 15.9 Å². The Labute approximate surface area is 158 Å². The average Bonchev–Trinajstić information content (AvgIpc) is 2.62. The first-order valence-electron chi connectivity index (χ1n) is 8.63. The molecule has 1 aliphatic rings. The average molecular weight is 402 g/mol. The van der Waals surface area contributed by atoms with Gasteiger partial charge in [-0.1, -0.05) is 36.4 Å². The number of carbonyl (C=O) groups excluding carboxylic acids is 1. The van der Waals surface area contributed by atoms with Gasteiger partial charge in [-0.3, -0.25) is 9.69 Å². The smallest absolute Gasteiger partial charge is 0.252 e. The molecule has 0 atom stereocenters. The first-order valence-corrected chi connectivity index (χ1v) is 9.42. The molecule has 1 amide bonds. The summed E-state index contributed by atoms with van der Waals surface area (Å²) in [6.45, 7) is 5.99. The highest BCUT2D eigenvalue weighted by Gasteiger charge is 2.14. The SMILES string of the molecule is CN1CCN(Cc2cccc(CNC(=O)c3ccccc3Br)c2)CC1. The van der Waals surface area contributed by atoms with E-state index in [0.717, 1.165) is 42.8 Å². The van der Waals surface area contributed by atoms with Crippen molar-refractivity contribution in [1.29, 1.82) is 0 Å². The molecule has 2 aromatic carbocycles. The Bertz CT molecular complexity index is 726. The van der Waals surface area contributed by atoms with Crippen molar-refractivity contribution >= 4 is 21.8 Å². The summed E-state index contributed by atoms with van der Waals surface area (Å²) in [5.74, 6) is -0.0584. The molecule has 0 spiro atoms. The largest absolute Gasteiger partial charge is 0.348 e. The Balaban J connectivity index is 1.56. The van der Waals surface area contributed by atoms with Crippen molar-refractivity contribution in [2.45, 2.75) is 13.1 Å². The fraction of sp³-hybridized carbons (Fsp3) is 0.350. The molecule has 0 saturated carbocycles. The summed E-state index contributed by atoms with van der Waals surface area (Å²) in [5.41, 5.74) is 3.10. The monoisotopic (exact) mass is 401 g/mol. The number of halogens is 1. The van der Waals surface area contributed by atoms with Gasteiger partial charge in [0.15, 0.2) is 0 Å². The first-order chi connectivity index (χ1) is 12.1. The van der Waals surface area contributed by atoms with Gasteiger partial charge in [0.05, 0.1) is 5.56 Å². The van der Waals surface area contributed by atoms with Crippen molar-refractivity contribution in [3.63, 3.8) is 0 Å². The molecule has 0 aromatic heterocycles. The maximum absolute atomic E-state index is 12.3. The second-order valence-corrected chi connectivity index (χ2v) is 7.42. The minimum Gasteiger partial charge on any atom is -0.348 e. The number of likely N-dealkylation sites (N-methyl/N-ethyl adjacent to an activating group) is 1. The fourth-order valence-corrected chi connectivity index (χ4v) is 3.49. The minimum absolute atomic E-state index is 0.0584. The third-order valence-electron chi connectivity index (χ3n) is 4.57. The standard InChI is InChI=1S/C20H24BrN3O/c1-23-9-11-24(12-10-23)15-17-6-4-5-16(13-17)14-22-20(25)18-7-2-3-8-19(18)21/h2-8,13H,9-12,14-15H2,1H3,(H,22,25). The molecule has 5 heteroatoms. The Morgan fingerprint density at radius 1 is 1.04 bits per heavy atom. The van der Waals surface area contributed by atoms with E-state index in [4.69, 9.17) is 0 Å². The zero-order valence-electron chi connectivity index (χ0n) is 14.5. The molecule has 0 aliphatic carbocycles. The van der Waals surface area contributed by atoms with Gasteiger partial charge in [-0.05, 0) is 46.2 Å². The van der Waals surface area contributed by atoms with Crippen molar-refractivity contribution in [2.24, 2.45) is 0 Å². The molecule has 0 radical (unpaired) electrons. The normalized spacial score (nSPS) is 15.9. The molecule has 0 unspecified atom stereocenters. The van der Waals surface area contributed by atoms with Crippen molar-refractivity contribution in [3.05, 3.63) is 69.7 Å². The minimum atomic E-state index is -0.0584. The second kappa shape index (κ2) is 8.61. The predicted octanol–water partition coefficient (Wildman–Crippen LogP) is 3.13. The molecule has 25 heavy (non-hydrogen) atoms.